The lowest BCUT2D eigenvalue weighted by Gasteiger charge is -2.32. The zero-order valence-corrected chi connectivity index (χ0v) is 12.5. The van der Waals surface area contributed by atoms with Crippen LogP contribution in [0.3, 0.4) is 0 Å². The van der Waals surface area contributed by atoms with Crippen LogP contribution in [0.25, 0.3) is 0 Å². The van der Waals surface area contributed by atoms with Gasteiger partial charge in [0.05, 0.1) is 12.7 Å². The number of aliphatic carboxylic acids is 1. The van der Waals surface area contributed by atoms with Crippen LogP contribution in [-0.2, 0) is 9.59 Å². The fourth-order valence-electron chi connectivity index (χ4n) is 2.65. The third kappa shape index (κ3) is 3.81. The first-order chi connectivity index (χ1) is 9.99. The number of piperidine rings is 1. The summed E-state index contributed by atoms with van der Waals surface area (Å²) >= 11 is 0. The molecular weight excluding hydrogens is 272 g/mol. The second-order valence-electron chi connectivity index (χ2n) is 5.62. The van der Waals surface area contributed by atoms with E-state index in [1.165, 1.54) is 0 Å². The van der Waals surface area contributed by atoms with Crippen LogP contribution in [0.15, 0.2) is 12.3 Å². The van der Waals surface area contributed by atoms with E-state index in [1.54, 1.807) is 21.8 Å². The Morgan fingerprint density at radius 2 is 2.24 bits per heavy atom. The van der Waals surface area contributed by atoms with Crippen LogP contribution in [0.2, 0.25) is 0 Å². The molecule has 1 fully saturated rings. The molecule has 7 nitrogen and oxygen atoms in total. The molecule has 116 valence electrons. The van der Waals surface area contributed by atoms with Crippen molar-refractivity contribution in [2.45, 2.75) is 45.2 Å². The number of carboxylic acid groups (broad SMARTS) is 1. The fraction of sp³-hybridized carbons (Fsp3) is 0.643. The van der Waals surface area contributed by atoms with Crippen molar-refractivity contribution in [2.75, 3.05) is 18.4 Å². The van der Waals surface area contributed by atoms with Crippen molar-refractivity contribution in [3.05, 3.63) is 12.3 Å². The number of carbonyl (C=O) groups is 2. The summed E-state index contributed by atoms with van der Waals surface area (Å²) in [7, 11) is 0. The molecule has 0 aromatic carbocycles. The number of anilines is 1. The Morgan fingerprint density at radius 3 is 2.90 bits per heavy atom. The van der Waals surface area contributed by atoms with Crippen molar-refractivity contribution in [2.24, 2.45) is 0 Å². The van der Waals surface area contributed by atoms with Gasteiger partial charge in [0.25, 0.3) is 0 Å². The highest BCUT2D eigenvalue weighted by Crippen LogP contribution is 2.18. The second kappa shape index (κ2) is 6.71. The van der Waals surface area contributed by atoms with Crippen LogP contribution < -0.4 is 5.32 Å². The molecular formula is C14H22N4O3. The molecule has 2 N–H and O–H groups in total. The average molecular weight is 294 g/mol. The number of carboxylic acids is 1. The molecule has 7 heteroatoms. The first-order valence-corrected chi connectivity index (χ1v) is 7.29. The van der Waals surface area contributed by atoms with E-state index in [0.29, 0.717) is 18.8 Å². The predicted molar refractivity (Wildman–Crippen MR) is 78.1 cm³/mol. The van der Waals surface area contributed by atoms with Gasteiger partial charge in [-0.25, -0.2) is 4.68 Å². The Morgan fingerprint density at radius 1 is 1.48 bits per heavy atom. The van der Waals surface area contributed by atoms with Crippen LogP contribution in [-0.4, -0.2) is 50.8 Å². The zero-order chi connectivity index (χ0) is 15.4. The Kier molecular flexibility index (Phi) is 4.95. The zero-order valence-electron chi connectivity index (χ0n) is 12.5. The molecule has 21 heavy (non-hydrogen) atoms. The predicted octanol–water partition coefficient (Wildman–Crippen LogP) is 1.34. The maximum absolute atomic E-state index is 12.1. The maximum atomic E-state index is 12.1. The Balaban J connectivity index is 1.97. The smallest absolute Gasteiger partial charge is 0.320 e. The average Bonchev–Trinajstić information content (AvgIpc) is 2.87. The number of nitrogens with one attached hydrogen (secondary N) is 1. The molecule has 1 amide bonds. The Labute approximate surface area is 123 Å². The highest BCUT2D eigenvalue weighted by atomic mass is 16.4. The summed E-state index contributed by atoms with van der Waals surface area (Å²) in [5.41, 5.74) is 0. The quantitative estimate of drug-likeness (QED) is 0.855. The molecule has 1 saturated heterocycles. The summed E-state index contributed by atoms with van der Waals surface area (Å²) in [6, 6.07) is 1.33. The van der Waals surface area contributed by atoms with Crippen molar-refractivity contribution in [3.63, 3.8) is 0 Å². The number of hydrogen-bond donors (Lipinski definition) is 2. The lowest BCUT2D eigenvalue weighted by atomic mass is 10.0. The highest BCUT2D eigenvalue weighted by molar-refractivity contribution is 5.91. The lowest BCUT2D eigenvalue weighted by molar-refractivity contribution is -0.145. The summed E-state index contributed by atoms with van der Waals surface area (Å²) in [4.78, 5) is 25.1. The topological polar surface area (TPSA) is 87.5 Å². The number of amides is 1. The lowest BCUT2D eigenvalue weighted by Crippen LogP contribution is -2.47. The minimum Gasteiger partial charge on any atom is -0.480 e. The van der Waals surface area contributed by atoms with E-state index in [4.69, 9.17) is 0 Å². The number of likely N-dealkylation sites (tertiary alicyclic amines) is 1. The van der Waals surface area contributed by atoms with Crippen molar-refractivity contribution in [1.82, 2.24) is 14.7 Å². The van der Waals surface area contributed by atoms with Crippen molar-refractivity contribution >= 4 is 17.7 Å². The summed E-state index contributed by atoms with van der Waals surface area (Å²) in [5.74, 6) is -0.417. The normalized spacial score (nSPS) is 19.7. The molecule has 2 heterocycles. The van der Waals surface area contributed by atoms with Crippen molar-refractivity contribution < 1.29 is 14.7 Å². The number of aromatic nitrogens is 2. The molecule has 1 aliphatic rings. The van der Waals surface area contributed by atoms with Gasteiger partial charge in [-0.3, -0.25) is 14.5 Å². The first-order valence-electron chi connectivity index (χ1n) is 7.29. The van der Waals surface area contributed by atoms with E-state index in [2.05, 4.69) is 10.4 Å². The van der Waals surface area contributed by atoms with E-state index in [9.17, 15) is 14.7 Å². The Hall–Kier alpha value is -1.89. The van der Waals surface area contributed by atoms with Gasteiger partial charge >= 0.3 is 5.97 Å². The minimum atomic E-state index is -0.852. The summed E-state index contributed by atoms with van der Waals surface area (Å²) in [5, 5.41) is 16.2. The monoisotopic (exact) mass is 294 g/mol. The van der Waals surface area contributed by atoms with E-state index >= 15 is 0 Å². The largest absolute Gasteiger partial charge is 0.480 e. The standard InChI is InChI=1S/C14H22N4O3/c1-10(2)18-12(6-7-15-18)16-13(19)9-17-8-4-3-5-11(17)14(20)21/h6-7,10-11H,3-5,8-9H2,1-2H3,(H,16,19)(H,20,21). The minimum absolute atomic E-state index is 0.0975. The van der Waals surface area contributed by atoms with Gasteiger partial charge in [-0.15, -0.1) is 0 Å². The van der Waals surface area contributed by atoms with E-state index in [0.717, 1.165) is 12.8 Å². The third-order valence-corrected chi connectivity index (χ3v) is 3.67. The van der Waals surface area contributed by atoms with Gasteiger partial charge in [0.2, 0.25) is 5.91 Å². The van der Waals surface area contributed by atoms with Gasteiger partial charge in [-0.2, -0.15) is 5.10 Å². The van der Waals surface area contributed by atoms with Gasteiger partial charge in [0.1, 0.15) is 11.9 Å². The number of hydrogen-bond acceptors (Lipinski definition) is 4. The van der Waals surface area contributed by atoms with Gasteiger partial charge in [0.15, 0.2) is 0 Å². The third-order valence-electron chi connectivity index (χ3n) is 3.67. The molecule has 1 atom stereocenters. The summed E-state index contributed by atoms with van der Waals surface area (Å²) in [6.45, 7) is 4.70. The Bertz CT molecular complexity index is 512. The van der Waals surface area contributed by atoms with E-state index in [-0.39, 0.29) is 18.5 Å². The molecule has 2 rings (SSSR count). The fourth-order valence-corrected chi connectivity index (χ4v) is 2.65. The van der Waals surface area contributed by atoms with E-state index < -0.39 is 12.0 Å². The molecule has 1 aromatic rings. The van der Waals surface area contributed by atoms with Gasteiger partial charge in [0, 0.05) is 12.1 Å². The molecule has 1 unspecified atom stereocenters. The number of carbonyl (C=O) groups excluding carboxylic acids is 1. The van der Waals surface area contributed by atoms with Crippen molar-refractivity contribution in [1.29, 1.82) is 0 Å². The summed E-state index contributed by atoms with van der Waals surface area (Å²) in [6.07, 6.45) is 4.07. The molecule has 1 aliphatic heterocycles. The molecule has 0 spiro atoms. The molecule has 0 radical (unpaired) electrons. The van der Waals surface area contributed by atoms with Crippen molar-refractivity contribution in [3.8, 4) is 0 Å². The van der Waals surface area contributed by atoms with Gasteiger partial charge in [-0.1, -0.05) is 6.42 Å². The molecule has 0 bridgehead atoms. The number of nitrogens with zero attached hydrogens (tertiary/aromatic N) is 3. The molecule has 0 saturated carbocycles. The van der Waals surface area contributed by atoms with Crippen LogP contribution in [0, 0.1) is 0 Å². The number of rotatable bonds is 5. The van der Waals surface area contributed by atoms with Crippen LogP contribution in [0.5, 0.6) is 0 Å². The first kappa shape index (κ1) is 15.5. The van der Waals surface area contributed by atoms with E-state index in [1.807, 2.05) is 13.8 Å². The molecule has 0 aliphatic carbocycles. The van der Waals surface area contributed by atoms with Crippen LogP contribution >= 0.6 is 0 Å². The second-order valence-corrected chi connectivity index (χ2v) is 5.62. The molecule has 1 aromatic heterocycles. The van der Waals surface area contributed by atoms with Crippen LogP contribution in [0.4, 0.5) is 5.82 Å². The van der Waals surface area contributed by atoms with Gasteiger partial charge < -0.3 is 10.4 Å². The summed E-state index contributed by atoms with van der Waals surface area (Å²) < 4.78 is 1.72. The SMILES string of the molecule is CC(C)n1nccc1NC(=O)CN1CCCCC1C(=O)O. The highest BCUT2D eigenvalue weighted by Gasteiger charge is 2.29. The van der Waals surface area contributed by atoms with Crippen LogP contribution in [0.1, 0.15) is 39.2 Å². The maximum Gasteiger partial charge on any atom is 0.320 e. The van der Waals surface area contributed by atoms with Gasteiger partial charge in [-0.05, 0) is 33.2 Å².